The molecule has 0 saturated heterocycles. The van der Waals surface area contributed by atoms with Crippen molar-refractivity contribution in [2.75, 3.05) is 5.32 Å². The van der Waals surface area contributed by atoms with Crippen LogP contribution in [0.4, 0.5) is 11.6 Å². The second-order valence-electron chi connectivity index (χ2n) is 4.16. The first-order valence-corrected chi connectivity index (χ1v) is 6.16. The third-order valence-electron chi connectivity index (χ3n) is 2.72. The maximum Gasteiger partial charge on any atom is 0.248 e. The lowest BCUT2D eigenvalue weighted by atomic mass is 10.2. The molecule has 0 aliphatic rings. The Morgan fingerprint density at radius 2 is 2.10 bits per heavy atom. The van der Waals surface area contributed by atoms with Gasteiger partial charge in [0.1, 0.15) is 0 Å². The Morgan fingerprint density at radius 1 is 1.40 bits per heavy atom. The van der Waals surface area contributed by atoms with Gasteiger partial charge in [-0.1, -0.05) is 12.7 Å². The fraction of sp³-hybridized carbons (Fsp3) is 0.0667. The van der Waals surface area contributed by atoms with Crippen LogP contribution in [0.25, 0.3) is 12.2 Å². The van der Waals surface area contributed by atoms with Crippen LogP contribution in [0.15, 0.2) is 36.9 Å². The average molecular weight is 268 g/mol. The molecule has 1 aromatic heterocycles. The van der Waals surface area contributed by atoms with Crippen LogP contribution in [0, 0.1) is 0 Å². The van der Waals surface area contributed by atoms with E-state index >= 15 is 0 Å². The van der Waals surface area contributed by atoms with E-state index in [-0.39, 0.29) is 0 Å². The normalized spacial score (nSPS) is 10.7. The quantitative estimate of drug-likeness (QED) is 0.779. The summed E-state index contributed by atoms with van der Waals surface area (Å²) < 4.78 is 0. The predicted octanol–water partition coefficient (Wildman–Crippen LogP) is 2.93. The molecule has 0 fully saturated rings. The number of hydrogen-bond acceptors (Lipinski definition) is 3. The summed E-state index contributed by atoms with van der Waals surface area (Å²) in [6.07, 6.45) is 5.53. The highest BCUT2D eigenvalue weighted by Crippen LogP contribution is 2.18. The first-order valence-electron chi connectivity index (χ1n) is 6.16. The van der Waals surface area contributed by atoms with Gasteiger partial charge >= 0.3 is 0 Å². The molecule has 0 unspecified atom stereocenters. The van der Waals surface area contributed by atoms with E-state index in [0.29, 0.717) is 11.5 Å². The molecule has 0 spiro atoms. The summed E-state index contributed by atoms with van der Waals surface area (Å²) >= 11 is 0. The summed E-state index contributed by atoms with van der Waals surface area (Å²) in [6, 6.07) is 6.86. The number of aromatic nitrogens is 2. The smallest absolute Gasteiger partial charge is 0.248 e. The molecule has 1 amide bonds. The fourth-order valence-corrected chi connectivity index (χ4v) is 1.76. The van der Waals surface area contributed by atoms with Gasteiger partial charge in [-0.15, -0.1) is 0 Å². The number of allylic oxidation sites excluding steroid dienone is 1. The van der Waals surface area contributed by atoms with Crippen LogP contribution in [0.3, 0.4) is 0 Å². The molecule has 4 N–H and O–H groups in total. The molecule has 0 aliphatic heterocycles. The highest BCUT2D eigenvalue weighted by Gasteiger charge is 2.06. The number of primary amides is 1. The van der Waals surface area contributed by atoms with Crippen LogP contribution in [-0.4, -0.2) is 15.9 Å². The zero-order valence-electron chi connectivity index (χ0n) is 11.2. The number of benzene rings is 1. The van der Waals surface area contributed by atoms with Crippen LogP contribution in [0.2, 0.25) is 0 Å². The van der Waals surface area contributed by atoms with Gasteiger partial charge in [-0.2, -0.15) is 0 Å². The molecule has 1 aromatic carbocycles. The monoisotopic (exact) mass is 268 g/mol. The molecule has 0 atom stereocenters. The van der Waals surface area contributed by atoms with Crippen molar-refractivity contribution < 1.29 is 4.79 Å². The van der Waals surface area contributed by atoms with Crippen LogP contribution in [-0.2, 0) is 0 Å². The average Bonchev–Trinajstić information content (AvgIpc) is 2.81. The van der Waals surface area contributed by atoms with Gasteiger partial charge in [0, 0.05) is 11.3 Å². The number of aromatic amines is 1. The van der Waals surface area contributed by atoms with E-state index in [2.05, 4.69) is 21.9 Å². The maximum absolute atomic E-state index is 11.0. The summed E-state index contributed by atoms with van der Waals surface area (Å²) in [5.41, 5.74) is 8.14. The van der Waals surface area contributed by atoms with E-state index < -0.39 is 5.91 Å². The lowest BCUT2D eigenvalue weighted by molar-refractivity contribution is 0.100. The summed E-state index contributed by atoms with van der Waals surface area (Å²) in [6.45, 7) is 5.66. The molecule has 0 aliphatic carbocycles. The van der Waals surface area contributed by atoms with Crippen LogP contribution >= 0.6 is 0 Å². The Bertz CT molecular complexity index is 653. The standard InChI is InChI=1S/C15H16N4O/c1-3-5-13-12(4-2)18-15(19-13)17-11-8-6-10(7-9-11)14(16)20/h3-9H,2H2,1H3,(H2,16,20)(H2,17,18,19)/b5-3-. The van der Waals surface area contributed by atoms with Crippen molar-refractivity contribution in [1.82, 2.24) is 9.97 Å². The third kappa shape index (κ3) is 2.95. The predicted molar refractivity (Wildman–Crippen MR) is 81.6 cm³/mol. The molecule has 2 rings (SSSR count). The van der Waals surface area contributed by atoms with Crippen molar-refractivity contribution >= 4 is 29.7 Å². The van der Waals surface area contributed by atoms with E-state index in [1.807, 2.05) is 19.1 Å². The minimum absolute atomic E-state index is 0.445. The van der Waals surface area contributed by atoms with Crippen molar-refractivity contribution in [2.45, 2.75) is 6.92 Å². The zero-order valence-corrected chi connectivity index (χ0v) is 11.2. The number of carbonyl (C=O) groups is 1. The van der Waals surface area contributed by atoms with Crippen molar-refractivity contribution in [1.29, 1.82) is 0 Å². The summed E-state index contributed by atoms with van der Waals surface area (Å²) in [7, 11) is 0. The van der Waals surface area contributed by atoms with Crippen LogP contribution < -0.4 is 11.1 Å². The van der Waals surface area contributed by atoms with E-state index in [1.54, 1.807) is 30.3 Å². The Morgan fingerprint density at radius 3 is 2.65 bits per heavy atom. The van der Waals surface area contributed by atoms with E-state index in [0.717, 1.165) is 17.1 Å². The Balaban J connectivity index is 2.21. The second kappa shape index (κ2) is 5.88. The Hall–Kier alpha value is -2.82. The highest BCUT2D eigenvalue weighted by molar-refractivity contribution is 5.93. The van der Waals surface area contributed by atoms with Gasteiger partial charge in [-0.05, 0) is 43.3 Å². The number of imidazole rings is 1. The highest BCUT2D eigenvalue weighted by atomic mass is 16.1. The van der Waals surface area contributed by atoms with E-state index in [1.165, 1.54) is 0 Å². The number of nitrogens with zero attached hydrogens (tertiary/aromatic N) is 1. The first-order chi connectivity index (χ1) is 9.63. The second-order valence-corrected chi connectivity index (χ2v) is 4.16. The Labute approximate surface area is 117 Å². The van der Waals surface area contributed by atoms with Crippen molar-refractivity contribution in [3.63, 3.8) is 0 Å². The summed E-state index contributed by atoms with van der Waals surface area (Å²) in [4.78, 5) is 18.5. The van der Waals surface area contributed by atoms with Crippen LogP contribution in [0.1, 0.15) is 28.7 Å². The molecular formula is C15H16N4O. The van der Waals surface area contributed by atoms with E-state index in [9.17, 15) is 4.79 Å². The third-order valence-corrected chi connectivity index (χ3v) is 2.72. The molecule has 0 bridgehead atoms. The number of carbonyl (C=O) groups excluding carboxylic acids is 1. The molecule has 1 heterocycles. The zero-order chi connectivity index (χ0) is 14.5. The number of rotatable bonds is 5. The van der Waals surface area contributed by atoms with Gasteiger partial charge < -0.3 is 16.0 Å². The topological polar surface area (TPSA) is 83.8 Å². The molecule has 0 saturated carbocycles. The van der Waals surface area contributed by atoms with Gasteiger partial charge in [0.25, 0.3) is 0 Å². The largest absolute Gasteiger partial charge is 0.366 e. The van der Waals surface area contributed by atoms with Gasteiger partial charge in [0.05, 0.1) is 11.4 Å². The minimum atomic E-state index is -0.445. The lowest BCUT2D eigenvalue weighted by Crippen LogP contribution is -2.10. The molecule has 5 heteroatoms. The molecule has 5 nitrogen and oxygen atoms in total. The van der Waals surface area contributed by atoms with Gasteiger partial charge in [0.2, 0.25) is 11.9 Å². The SMILES string of the molecule is C=Cc1nc(Nc2ccc(C(N)=O)cc2)[nH]c1/C=C\C. The Kier molecular flexibility index (Phi) is 4.00. The van der Waals surface area contributed by atoms with E-state index in [4.69, 9.17) is 5.73 Å². The van der Waals surface area contributed by atoms with Gasteiger partial charge in [-0.25, -0.2) is 4.98 Å². The molecular weight excluding hydrogens is 252 g/mol. The summed E-state index contributed by atoms with van der Waals surface area (Å²) in [5.74, 6) is 0.165. The lowest BCUT2D eigenvalue weighted by Gasteiger charge is -2.03. The van der Waals surface area contributed by atoms with Crippen molar-refractivity contribution in [2.24, 2.45) is 5.73 Å². The number of H-pyrrole nitrogens is 1. The maximum atomic E-state index is 11.0. The number of nitrogens with two attached hydrogens (primary N) is 1. The molecule has 0 radical (unpaired) electrons. The number of anilines is 2. The molecule has 2 aromatic rings. The molecule has 20 heavy (non-hydrogen) atoms. The molecule has 102 valence electrons. The van der Waals surface area contributed by atoms with Gasteiger partial charge in [-0.3, -0.25) is 4.79 Å². The fourth-order valence-electron chi connectivity index (χ4n) is 1.76. The van der Waals surface area contributed by atoms with Crippen molar-refractivity contribution in [3.05, 3.63) is 53.9 Å². The van der Waals surface area contributed by atoms with Gasteiger partial charge in [0.15, 0.2) is 0 Å². The van der Waals surface area contributed by atoms with Crippen molar-refractivity contribution in [3.8, 4) is 0 Å². The first kappa shape index (κ1) is 13.6. The number of amides is 1. The number of hydrogen-bond donors (Lipinski definition) is 3. The minimum Gasteiger partial charge on any atom is -0.366 e. The summed E-state index contributed by atoms with van der Waals surface area (Å²) in [5, 5.41) is 3.12. The van der Waals surface area contributed by atoms with Crippen LogP contribution in [0.5, 0.6) is 0 Å². The number of nitrogens with one attached hydrogen (secondary N) is 2.